The van der Waals surface area contributed by atoms with Gasteiger partial charge in [-0.1, -0.05) is 0 Å². The Labute approximate surface area is 97.9 Å². The molecule has 0 radical (unpaired) electrons. The highest BCUT2D eigenvalue weighted by Gasteiger charge is 2.13. The van der Waals surface area contributed by atoms with E-state index in [1.165, 1.54) is 29.2 Å². The van der Waals surface area contributed by atoms with Crippen molar-refractivity contribution in [2.75, 3.05) is 0 Å². The highest BCUT2D eigenvalue weighted by molar-refractivity contribution is 5.37. The van der Waals surface area contributed by atoms with Crippen molar-refractivity contribution in [3.63, 3.8) is 0 Å². The van der Waals surface area contributed by atoms with E-state index in [-0.39, 0.29) is 11.7 Å². The number of rotatable bonds is 3. The van der Waals surface area contributed by atoms with Crippen LogP contribution in [0.5, 0.6) is 0 Å². The summed E-state index contributed by atoms with van der Waals surface area (Å²) in [6.07, 6.45) is 3.40. The Morgan fingerprint density at radius 3 is 2.47 bits per heavy atom. The van der Waals surface area contributed by atoms with Gasteiger partial charge in [-0.05, 0) is 37.1 Å². The zero-order chi connectivity index (χ0) is 12.4. The van der Waals surface area contributed by atoms with E-state index in [1.54, 1.807) is 13.0 Å². The van der Waals surface area contributed by atoms with Crippen molar-refractivity contribution < 1.29 is 8.78 Å². The summed E-state index contributed by atoms with van der Waals surface area (Å²) in [6.45, 7) is 1.79. The molecule has 0 aliphatic carbocycles. The molecule has 0 spiro atoms. The molecule has 1 heterocycles. The summed E-state index contributed by atoms with van der Waals surface area (Å²) in [5, 5.41) is 3.81. The van der Waals surface area contributed by atoms with Crippen molar-refractivity contribution in [2.45, 2.75) is 19.4 Å². The second-order valence-electron chi connectivity index (χ2n) is 4.04. The fourth-order valence-electron chi connectivity index (χ4n) is 1.73. The van der Waals surface area contributed by atoms with E-state index in [0.29, 0.717) is 12.0 Å². The molecule has 90 valence electrons. The van der Waals surface area contributed by atoms with E-state index in [1.807, 2.05) is 0 Å². The van der Waals surface area contributed by atoms with Crippen LogP contribution in [0.25, 0.3) is 5.69 Å². The van der Waals surface area contributed by atoms with E-state index in [0.717, 1.165) is 0 Å². The van der Waals surface area contributed by atoms with Crippen LogP contribution in [0.2, 0.25) is 0 Å². The average Bonchev–Trinajstić information content (AvgIpc) is 2.68. The number of hydrogen-bond acceptors (Lipinski definition) is 2. The minimum atomic E-state index is -0.635. The van der Waals surface area contributed by atoms with E-state index >= 15 is 0 Å². The van der Waals surface area contributed by atoms with Crippen molar-refractivity contribution >= 4 is 0 Å². The first-order chi connectivity index (χ1) is 8.08. The number of hydrogen-bond donors (Lipinski definition) is 1. The van der Waals surface area contributed by atoms with Crippen molar-refractivity contribution in [2.24, 2.45) is 5.73 Å². The number of nitrogens with two attached hydrogens (primary N) is 1. The third-order valence-corrected chi connectivity index (χ3v) is 2.37. The molecule has 17 heavy (non-hydrogen) atoms. The Balaban J connectivity index is 2.43. The Morgan fingerprint density at radius 2 is 2.00 bits per heavy atom. The topological polar surface area (TPSA) is 43.8 Å². The lowest BCUT2D eigenvalue weighted by Crippen LogP contribution is -2.18. The molecule has 3 nitrogen and oxygen atoms in total. The van der Waals surface area contributed by atoms with Gasteiger partial charge in [-0.2, -0.15) is 5.10 Å². The molecule has 2 aromatic rings. The first kappa shape index (κ1) is 11.7. The fourth-order valence-corrected chi connectivity index (χ4v) is 1.73. The van der Waals surface area contributed by atoms with Gasteiger partial charge < -0.3 is 5.73 Å². The van der Waals surface area contributed by atoms with Crippen LogP contribution in [0.15, 0.2) is 30.6 Å². The van der Waals surface area contributed by atoms with Crippen LogP contribution < -0.4 is 5.73 Å². The van der Waals surface area contributed by atoms with E-state index < -0.39 is 11.6 Å². The van der Waals surface area contributed by atoms with E-state index in [2.05, 4.69) is 5.10 Å². The molecule has 1 aromatic carbocycles. The molecule has 0 aliphatic rings. The lowest BCUT2D eigenvalue weighted by molar-refractivity contribution is 0.555. The van der Waals surface area contributed by atoms with Gasteiger partial charge in [-0.15, -0.1) is 0 Å². The smallest absolute Gasteiger partial charge is 0.152 e. The number of aromatic nitrogens is 2. The molecular weight excluding hydrogens is 224 g/mol. The van der Waals surface area contributed by atoms with Gasteiger partial charge in [0.25, 0.3) is 0 Å². The first-order valence-electron chi connectivity index (χ1n) is 5.31. The van der Waals surface area contributed by atoms with Crippen LogP contribution in [0, 0.1) is 11.6 Å². The van der Waals surface area contributed by atoms with Gasteiger partial charge >= 0.3 is 0 Å². The zero-order valence-corrected chi connectivity index (χ0v) is 9.40. The fraction of sp³-hybridized carbons (Fsp3) is 0.250. The predicted octanol–water partition coefficient (Wildman–Crippen LogP) is 2.04. The number of halogens is 2. The molecule has 1 aromatic heterocycles. The van der Waals surface area contributed by atoms with Crippen LogP contribution >= 0.6 is 0 Å². The van der Waals surface area contributed by atoms with Crippen molar-refractivity contribution in [1.82, 2.24) is 9.78 Å². The van der Waals surface area contributed by atoms with Gasteiger partial charge in [0.15, 0.2) is 11.6 Å². The Bertz CT molecular complexity index is 483. The second kappa shape index (κ2) is 4.63. The molecule has 0 bridgehead atoms. The monoisotopic (exact) mass is 237 g/mol. The van der Waals surface area contributed by atoms with Crippen molar-refractivity contribution in [3.8, 4) is 5.69 Å². The largest absolute Gasteiger partial charge is 0.328 e. The van der Waals surface area contributed by atoms with Gasteiger partial charge in [0.2, 0.25) is 0 Å². The molecule has 2 N–H and O–H groups in total. The van der Waals surface area contributed by atoms with Crippen LogP contribution in [-0.2, 0) is 6.42 Å². The summed E-state index contributed by atoms with van der Waals surface area (Å²) < 4.78 is 28.7. The highest BCUT2D eigenvalue weighted by Crippen LogP contribution is 2.19. The van der Waals surface area contributed by atoms with Gasteiger partial charge in [-0.3, -0.25) is 0 Å². The molecule has 1 atom stereocenters. The van der Waals surface area contributed by atoms with Crippen LogP contribution in [-0.4, -0.2) is 15.8 Å². The minimum absolute atomic E-state index is 0.135. The summed E-state index contributed by atoms with van der Waals surface area (Å²) in [4.78, 5) is 0. The Morgan fingerprint density at radius 1 is 1.35 bits per heavy atom. The maximum absolute atomic E-state index is 13.8. The molecule has 1 unspecified atom stereocenters. The highest BCUT2D eigenvalue weighted by atomic mass is 19.1. The number of nitrogens with zero attached hydrogens (tertiary/aromatic N) is 2. The normalized spacial score (nSPS) is 12.7. The predicted molar refractivity (Wildman–Crippen MR) is 60.8 cm³/mol. The van der Waals surface area contributed by atoms with Gasteiger partial charge in [0.05, 0.1) is 0 Å². The first-order valence-corrected chi connectivity index (χ1v) is 5.31. The third kappa shape index (κ3) is 2.50. The summed E-state index contributed by atoms with van der Waals surface area (Å²) in [7, 11) is 0. The Hall–Kier alpha value is -1.75. The average molecular weight is 237 g/mol. The van der Waals surface area contributed by atoms with E-state index in [4.69, 9.17) is 5.73 Å². The molecule has 0 fully saturated rings. The van der Waals surface area contributed by atoms with Gasteiger partial charge in [-0.25, -0.2) is 13.5 Å². The summed E-state index contributed by atoms with van der Waals surface area (Å²) in [5.41, 5.74) is 5.98. The van der Waals surface area contributed by atoms with Crippen molar-refractivity contribution in [1.29, 1.82) is 0 Å². The van der Waals surface area contributed by atoms with Crippen molar-refractivity contribution in [3.05, 3.63) is 47.8 Å². The van der Waals surface area contributed by atoms with Crippen LogP contribution in [0.4, 0.5) is 8.78 Å². The summed E-state index contributed by atoms with van der Waals surface area (Å²) >= 11 is 0. The molecule has 0 saturated carbocycles. The van der Waals surface area contributed by atoms with Gasteiger partial charge in [0, 0.05) is 18.4 Å². The summed E-state index contributed by atoms with van der Waals surface area (Å²) in [6, 6.07) is 4.06. The van der Waals surface area contributed by atoms with E-state index in [9.17, 15) is 8.78 Å². The maximum atomic E-state index is 13.8. The Kier molecular flexibility index (Phi) is 3.19. The minimum Gasteiger partial charge on any atom is -0.328 e. The zero-order valence-electron chi connectivity index (χ0n) is 9.40. The molecule has 0 saturated heterocycles. The number of benzene rings is 1. The van der Waals surface area contributed by atoms with Crippen LogP contribution in [0.3, 0.4) is 0 Å². The molecular formula is C12H13F2N3. The lowest BCUT2D eigenvalue weighted by atomic mass is 10.1. The maximum Gasteiger partial charge on any atom is 0.152 e. The SMILES string of the molecule is CC(N)Cc1cc(F)c(-n2cccn2)c(F)c1. The molecule has 5 heteroatoms. The third-order valence-electron chi connectivity index (χ3n) is 2.37. The summed E-state index contributed by atoms with van der Waals surface area (Å²) in [5.74, 6) is -1.27. The lowest BCUT2D eigenvalue weighted by Gasteiger charge is -2.09. The second-order valence-corrected chi connectivity index (χ2v) is 4.04. The quantitative estimate of drug-likeness (QED) is 0.887. The molecule has 2 rings (SSSR count). The molecule has 0 amide bonds. The van der Waals surface area contributed by atoms with Crippen LogP contribution in [0.1, 0.15) is 12.5 Å². The van der Waals surface area contributed by atoms with Gasteiger partial charge in [0.1, 0.15) is 5.69 Å². The standard InChI is InChI=1S/C12H13F2N3/c1-8(15)5-9-6-10(13)12(11(14)7-9)17-4-2-3-16-17/h2-4,6-8H,5,15H2,1H3. The molecule has 0 aliphatic heterocycles.